The van der Waals surface area contributed by atoms with Crippen LogP contribution in [0.15, 0.2) is 48.5 Å². The molecule has 0 aliphatic carbocycles. The highest BCUT2D eigenvalue weighted by Crippen LogP contribution is 2.40. The largest absolute Gasteiger partial charge is 0.508 e. The Balaban J connectivity index is 2.29. The van der Waals surface area contributed by atoms with Crippen LogP contribution in [-0.4, -0.2) is 40.0 Å². The van der Waals surface area contributed by atoms with E-state index in [1.165, 1.54) is 48.5 Å². The van der Waals surface area contributed by atoms with Crippen molar-refractivity contribution in [1.29, 1.82) is 0 Å². The molecule has 2 aromatic carbocycles. The molecule has 0 spiro atoms. The van der Waals surface area contributed by atoms with Crippen LogP contribution >= 0.6 is 0 Å². The Bertz CT molecular complexity index is 869. The second kappa shape index (κ2) is 5.95. The number of phenols is 2. The van der Waals surface area contributed by atoms with E-state index in [1.807, 2.05) is 0 Å². The molecule has 0 aromatic heterocycles. The molecule has 7 nitrogen and oxygen atoms in total. The van der Waals surface area contributed by atoms with Gasteiger partial charge in [-0.3, -0.25) is 4.79 Å². The molecule has 1 amide bonds. The number of phenolic OH excluding ortho intramolecular Hbond substituents is 2. The molecule has 0 bridgehead atoms. The van der Waals surface area contributed by atoms with Crippen molar-refractivity contribution in [2.24, 2.45) is 0 Å². The number of hydrogen-bond acceptors (Lipinski definition) is 6. The Morgan fingerprint density at radius 2 is 1.44 bits per heavy atom. The van der Waals surface area contributed by atoms with Crippen molar-refractivity contribution >= 4 is 23.0 Å². The summed E-state index contributed by atoms with van der Waals surface area (Å²) in [5.74, 6) is -1.70. The molecule has 0 radical (unpaired) electrons. The minimum Gasteiger partial charge on any atom is -0.508 e. The van der Waals surface area contributed by atoms with E-state index in [0.29, 0.717) is 11.1 Å². The smallest absolute Gasteiger partial charge is 0.364 e. The van der Waals surface area contributed by atoms with E-state index in [9.17, 15) is 24.9 Å². The maximum absolute atomic E-state index is 12.5. The lowest BCUT2D eigenvalue weighted by atomic mass is 9.90. The molecule has 0 fully saturated rings. The number of carbonyl (C=O) groups is 2. The van der Waals surface area contributed by atoms with Crippen LogP contribution < -0.4 is 5.32 Å². The number of methoxy groups -OCH3 is 1. The minimum absolute atomic E-state index is 0.00516. The number of hydrogen-bond donors (Lipinski definition) is 4. The number of aromatic hydroxyl groups is 2. The highest BCUT2D eigenvalue weighted by atomic mass is 16.5. The van der Waals surface area contributed by atoms with Crippen molar-refractivity contribution < 1.29 is 29.6 Å². The lowest BCUT2D eigenvalue weighted by molar-refractivity contribution is -0.159. The quantitative estimate of drug-likeness (QED) is 0.619. The summed E-state index contributed by atoms with van der Waals surface area (Å²) in [6.07, 6.45) is 0. The molecule has 0 saturated heterocycles. The average molecular weight is 341 g/mol. The van der Waals surface area contributed by atoms with Crippen molar-refractivity contribution in [3.63, 3.8) is 0 Å². The first-order chi connectivity index (χ1) is 11.9. The van der Waals surface area contributed by atoms with E-state index < -0.39 is 17.6 Å². The second-order valence-corrected chi connectivity index (χ2v) is 5.50. The molecular formula is C18H15NO6. The molecule has 1 unspecified atom stereocenters. The van der Waals surface area contributed by atoms with Crippen LogP contribution in [0.25, 0.3) is 11.1 Å². The summed E-state index contributed by atoms with van der Waals surface area (Å²) in [6.45, 7) is 0. The normalized spacial score (nSPS) is 19.7. The van der Waals surface area contributed by atoms with Crippen molar-refractivity contribution in [2.75, 3.05) is 7.11 Å². The minimum atomic E-state index is -2.37. The van der Waals surface area contributed by atoms with Gasteiger partial charge in [-0.15, -0.1) is 0 Å². The van der Waals surface area contributed by atoms with Crippen molar-refractivity contribution in [1.82, 2.24) is 5.32 Å². The molecule has 4 N–H and O–H groups in total. The monoisotopic (exact) mass is 341 g/mol. The summed E-state index contributed by atoms with van der Waals surface area (Å²) in [7, 11) is 1.10. The lowest BCUT2D eigenvalue weighted by Gasteiger charge is -2.23. The third-order valence-corrected chi connectivity index (χ3v) is 3.93. The van der Waals surface area contributed by atoms with Crippen molar-refractivity contribution in [3.8, 4) is 11.5 Å². The van der Waals surface area contributed by atoms with Gasteiger partial charge in [0, 0.05) is 5.57 Å². The van der Waals surface area contributed by atoms with Crippen LogP contribution in [-0.2, 0) is 14.3 Å². The highest BCUT2D eigenvalue weighted by Gasteiger charge is 2.51. The zero-order valence-corrected chi connectivity index (χ0v) is 13.2. The number of amides is 1. The van der Waals surface area contributed by atoms with Gasteiger partial charge in [0.05, 0.1) is 12.7 Å². The van der Waals surface area contributed by atoms with E-state index in [4.69, 9.17) is 0 Å². The van der Waals surface area contributed by atoms with Gasteiger partial charge in [-0.05, 0) is 35.4 Å². The lowest BCUT2D eigenvalue weighted by Crippen LogP contribution is -2.51. The summed E-state index contributed by atoms with van der Waals surface area (Å²) in [5.41, 5.74) is -1.53. The fourth-order valence-corrected chi connectivity index (χ4v) is 2.77. The first-order valence-corrected chi connectivity index (χ1v) is 7.33. The third-order valence-electron chi connectivity index (χ3n) is 3.93. The maximum Gasteiger partial charge on any atom is 0.364 e. The molecular weight excluding hydrogens is 326 g/mol. The van der Waals surface area contributed by atoms with Gasteiger partial charge >= 0.3 is 5.97 Å². The van der Waals surface area contributed by atoms with Gasteiger partial charge < -0.3 is 25.4 Å². The molecule has 1 atom stereocenters. The fourth-order valence-electron chi connectivity index (χ4n) is 2.77. The zero-order chi connectivity index (χ0) is 18.2. The summed E-state index contributed by atoms with van der Waals surface area (Å²) in [5, 5.41) is 32.0. The first-order valence-electron chi connectivity index (χ1n) is 7.33. The molecule has 3 rings (SSSR count). The first kappa shape index (κ1) is 16.5. The standard InChI is InChI=1S/C18H15NO6/c1-25-17(23)18(24)15(11-4-8-13(21)9-5-11)14(16(22)19-18)10-2-6-12(20)7-3-10/h2-9,20-21,24H,1H3,(H,19,22). The topological polar surface area (TPSA) is 116 Å². The Morgan fingerprint density at radius 3 is 1.92 bits per heavy atom. The SMILES string of the molecule is COC(=O)C1(O)NC(=O)C(c2ccc(O)cc2)=C1c1ccc(O)cc1. The molecule has 7 heteroatoms. The number of rotatable bonds is 3. The Labute approximate surface area is 142 Å². The molecule has 0 saturated carbocycles. The van der Waals surface area contributed by atoms with E-state index in [-0.39, 0.29) is 22.6 Å². The van der Waals surface area contributed by atoms with Crippen LogP contribution in [0.2, 0.25) is 0 Å². The number of nitrogens with one attached hydrogen (secondary N) is 1. The summed E-state index contributed by atoms with van der Waals surface area (Å²) < 4.78 is 4.64. The predicted octanol–water partition coefficient (Wildman–Crippen LogP) is 1.000. The van der Waals surface area contributed by atoms with Gasteiger partial charge in [-0.1, -0.05) is 24.3 Å². The van der Waals surface area contributed by atoms with Gasteiger partial charge in [0.15, 0.2) is 0 Å². The van der Waals surface area contributed by atoms with Crippen LogP contribution in [0.5, 0.6) is 11.5 Å². The number of esters is 1. The van der Waals surface area contributed by atoms with Crippen LogP contribution in [0.3, 0.4) is 0 Å². The number of aliphatic hydroxyl groups is 1. The molecule has 128 valence electrons. The molecule has 25 heavy (non-hydrogen) atoms. The maximum atomic E-state index is 12.5. The molecule has 1 aliphatic rings. The van der Waals surface area contributed by atoms with Crippen molar-refractivity contribution in [3.05, 3.63) is 59.7 Å². The Hall–Kier alpha value is -3.32. The van der Waals surface area contributed by atoms with Crippen LogP contribution in [0, 0.1) is 0 Å². The van der Waals surface area contributed by atoms with Gasteiger partial charge in [0.2, 0.25) is 0 Å². The number of ether oxygens (including phenoxy) is 1. The molecule has 2 aromatic rings. The Kier molecular flexibility index (Phi) is 3.94. The molecule has 1 heterocycles. The predicted molar refractivity (Wildman–Crippen MR) is 88.1 cm³/mol. The fraction of sp³-hybridized carbons (Fsp3) is 0.111. The van der Waals surface area contributed by atoms with Gasteiger partial charge in [-0.2, -0.15) is 0 Å². The van der Waals surface area contributed by atoms with Gasteiger partial charge in [-0.25, -0.2) is 4.79 Å². The highest BCUT2D eigenvalue weighted by molar-refractivity contribution is 6.34. The number of benzene rings is 2. The summed E-state index contributed by atoms with van der Waals surface area (Å²) in [6, 6.07) is 11.5. The van der Waals surface area contributed by atoms with Crippen LogP contribution in [0.1, 0.15) is 11.1 Å². The van der Waals surface area contributed by atoms with E-state index >= 15 is 0 Å². The Morgan fingerprint density at radius 1 is 0.960 bits per heavy atom. The van der Waals surface area contributed by atoms with E-state index in [1.54, 1.807) is 0 Å². The number of carbonyl (C=O) groups excluding carboxylic acids is 2. The average Bonchev–Trinajstić information content (AvgIpc) is 2.87. The summed E-state index contributed by atoms with van der Waals surface area (Å²) >= 11 is 0. The van der Waals surface area contributed by atoms with Gasteiger partial charge in [0.1, 0.15) is 11.5 Å². The summed E-state index contributed by atoms with van der Waals surface area (Å²) in [4.78, 5) is 24.7. The van der Waals surface area contributed by atoms with Crippen LogP contribution in [0.4, 0.5) is 0 Å². The van der Waals surface area contributed by atoms with E-state index in [0.717, 1.165) is 7.11 Å². The second-order valence-electron chi connectivity index (χ2n) is 5.50. The van der Waals surface area contributed by atoms with E-state index in [2.05, 4.69) is 10.1 Å². The van der Waals surface area contributed by atoms with Crippen molar-refractivity contribution in [2.45, 2.75) is 5.72 Å². The van der Waals surface area contributed by atoms with Gasteiger partial charge in [0.25, 0.3) is 11.6 Å². The molecule has 1 aliphatic heterocycles. The zero-order valence-electron chi connectivity index (χ0n) is 13.2. The third kappa shape index (κ3) is 2.70.